The number of aromatic amines is 1. The first-order chi connectivity index (χ1) is 11.7. The van der Waals surface area contributed by atoms with Crippen molar-refractivity contribution >= 4 is 51.8 Å². The van der Waals surface area contributed by atoms with Crippen molar-refractivity contribution in [3.05, 3.63) is 57.5 Å². The Balaban J connectivity index is 0.00000243. The van der Waals surface area contributed by atoms with E-state index in [1.165, 1.54) is 12.3 Å². The van der Waals surface area contributed by atoms with Gasteiger partial charge in [-0.05, 0) is 37.3 Å². The minimum absolute atomic E-state index is 0. The maximum absolute atomic E-state index is 12.3. The van der Waals surface area contributed by atoms with E-state index in [1.807, 2.05) is 0 Å². The fraction of sp³-hybridized carbons (Fsp3) is 0.188. The number of rotatable bonds is 4. The van der Waals surface area contributed by atoms with Gasteiger partial charge in [-0.25, -0.2) is 18.4 Å². The van der Waals surface area contributed by atoms with Gasteiger partial charge in [0.2, 0.25) is 5.95 Å². The Morgan fingerprint density at radius 2 is 1.96 bits per heavy atom. The highest BCUT2D eigenvalue weighted by atomic mass is 35.5. The average molecular weight is 413 g/mol. The Hall–Kier alpha value is -2.10. The van der Waals surface area contributed by atoms with Gasteiger partial charge in [-0.15, -0.1) is 0 Å². The predicted octanol–water partition coefficient (Wildman–Crippen LogP) is 2.66. The Labute approximate surface area is 162 Å². The molecule has 0 radical (unpaired) electrons. The van der Waals surface area contributed by atoms with Gasteiger partial charge in [0.05, 0.1) is 6.04 Å². The topological polar surface area (TPSA) is 105 Å². The molecular formula is C16H17ClN4O3S2. The Kier molecular flexibility index (Phi) is 5.94. The standard InChI is InChI=1S/C16H15ClN4O3S.H2S/c1-9(19-16-18-6-5-14(21-16)25(2,23)24)12-8-10-7-11(17)3-4-13(10)20-15(12)22;/h3-9H,1-2H3,(H,20,22)(H,18,19,21);1H2/t9-;/m0./s1. The number of halogens is 1. The zero-order chi connectivity index (χ0) is 18.2. The summed E-state index contributed by atoms with van der Waals surface area (Å²) in [6.45, 7) is 1.76. The third-order valence-corrected chi connectivity index (χ3v) is 4.88. The fourth-order valence-electron chi connectivity index (χ4n) is 2.41. The first kappa shape index (κ1) is 20.2. The van der Waals surface area contributed by atoms with Crippen LogP contribution in [0, 0.1) is 0 Å². The molecular weight excluding hydrogens is 396 g/mol. The molecule has 2 N–H and O–H groups in total. The number of hydrogen-bond acceptors (Lipinski definition) is 6. The molecule has 7 nitrogen and oxygen atoms in total. The minimum Gasteiger partial charge on any atom is -0.347 e. The lowest BCUT2D eigenvalue weighted by molar-refractivity contribution is 0.598. The van der Waals surface area contributed by atoms with E-state index in [1.54, 1.807) is 31.2 Å². The van der Waals surface area contributed by atoms with Crippen LogP contribution in [0.1, 0.15) is 18.5 Å². The Bertz CT molecular complexity index is 1120. The summed E-state index contributed by atoms with van der Waals surface area (Å²) < 4.78 is 23.2. The summed E-state index contributed by atoms with van der Waals surface area (Å²) in [6, 6.07) is 7.80. The van der Waals surface area contributed by atoms with Crippen LogP contribution in [0.2, 0.25) is 5.02 Å². The number of H-pyrrole nitrogens is 1. The highest BCUT2D eigenvalue weighted by molar-refractivity contribution is 7.90. The molecule has 0 aliphatic heterocycles. The van der Waals surface area contributed by atoms with Gasteiger partial charge >= 0.3 is 0 Å². The first-order valence-corrected chi connectivity index (χ1v) is 9.63. The van der Waals surface area contributed by atoms with Gasteiger partial charge in [0.15, 0.2) is 14.9 Å². The molecule has 3 aromatic rings. The van der Waals surface area contributed by atoms with Crippen molar-refractivity contribution in [3.8, 4) is 0 Å². The number of nitrogens with zero attached hydrogens (tertiary/aromatic N) is 2. The van der Waals surface area contributed by atoms with Crippen LogP contribution in [0.5, 0.6) is 0 Å². The molecule has 0 saturated carbocycles. The molecule has 0 spiro atoms. The van der Waals surface area contributed by atoms with E-state index in [-0.39, 0.29) is 30.0 Å². The summed E-state index contributed by atoms with van der Waals surface area (Å²) in [6.07, 6.45) is 2.42. The number of hydrogen-bond donors (Lipinski definition) is 2. The van der Waals surface area contributed by atoms with Gasteiger partial charge in [-0.2, -0.15) is 13.5 Å². The van der Waals surface area contributed by atoms with E-state index in [2.05, 4.69) is 20.3 Å². The van der Waals surface area contributed by atoms with E-state index < -0.39 is 15.9 Å². The van der Waals surface area contributed by atoms with Gasteiger partial charge < -0.3 is 10.3 Å². The summed E-state index contributed by atoms with van der Waals surface area (Å²) >= 11 is 6.00. The van der Waals surface area contributed by atoms with E-state index in [4.69, 9.17) is 11.6 Å². The van der Waals surface area contributed by atoms with Crippen molar-refractivity contribution in [3.63, 3.8) is 0 Å². The maximum atomic E-state index is 12.3. The number of fused-ring (bicyclic) bond motifs is 1. The van der Waals surface area contributed by atoms with Crippen LogP contribution in [0.15, 0.2) is 46.3 Å². The Morgan fingerprint density at radius 3 is 2.65 bits per heavy atom. The van der Waals surface area contributed by atoms with E-state index >= 15 is 0 Å². The van der Waals surface area contributed by atoms with Crippen LogP contribution in [-0.2, 0) is 9.84 Å². The van der Waals surface area contributed by atoms with Crippen LogP contribution in [0.25, 0.3) is 10.9 Å². The fourth-order valence-corrected chi connectivity index (χ4v) is 3.15. The van der Waals surface area contributed by atoms with Gasteiger partial charge in [0.25, 0.3) is 5.56 Å². The Morgan fingerprint density at radius 1 is 1.23 bits per heavy atom. The van der Waals surface area contributed by atoms with Crippen molar-refractivity contribution in [1.29, 1.82) is 0 Å². The molecule has 1 aromatic carbocycles. The van der Waals surface area contributed by atoms with Crippen LogP contribution in [0.4, 0.5) is 5.95 Å². The highest BCUT2D eigenvalue weighted by Crippen LogP contribution is 2.21. The second-order valence-corrected chi connectivity index (χ2v) is 8.04. The van der Waals surface area contributed by atoms with E-state index in [0.29, 0.717) is 16.1 Å². The van der Waals surface area contributed by atoms with Crippen molar-refractivity contribution < 1.29 is 8.42 Å². The third kappa shape index (κ3) is 4.35. The molecule has 1 atom stereocenters. The zero-order valence-electron chi connectivity index (χ0n) is 13.9. The first-order valence-electron chi connectivity index (χ1n) is 7.36. The number of nitrogens with one attached hydrogen (secondary N) is 2. The van der Waals surface area contributed by atoms with Gasteiger partial charge in [0.1, 0.15) is 0 Å². The molecule has 26 heavy (non-hydrogen) atoms. The van der Waals surface area contributed by atoms with Gasteiger partial charge in [-0.1, -0.05) is 11.6 Å². The molecule has 2 aromatic heterocycles. The van der Waals surface area contributed by atoms with Gasteiger partial charge in [-0.3, -0.25) is 4.79 Å². The molecule has 0 aliphatic carbocycles. The maximum Gasteiger partial charge on any atom is 0.253 e. The SMILES string of the molecule is C[C@H](Nc1nccc(S(C)(=O)=O)n1)c1cc2cc(Cl)ccc2[nH]c1=O.S. The number of aromatic nitrogens is 3. The summed E-state index contributed by atoms with van der Waals surface area (Å²) in [5.74, 6) is 0.126. The van der Waals surface area contributed by atoms with Crippen LogP contribution >= 0.6 is 25.1 Å². The van der Waals surface area contributed by atoms with Gasteiger partial charge in [0, 0.05) is 33.9 Å². The summed E-state index contributed by atoms with van der Waals surface area (Å²) in [7, 11) is -3.44. The molecule has 0 amide bonds. The summed E-state index contributed by atoms with van der Waals surface area (Å²) in [5, 5.41) is 4.22. The lowest BCUT2D eigenvalue weighted by atomic mass is 10.1. The summed E-state index contributed by atoms with van der Waals surface area (Å²) in [4.78, 5) is 23.1. The van der Waals surface area contributed by atoms with Crippen LogP contribution in [-0.4, -0.2) is 29.6 Å². The van der Waals surface area contributed by atoms with Crippen molar-refractivity contribution in [2.24, 2.45) is 0 Å². The average Bonchev–Trinajstić information content (AvgIpc) is 2.54. The molecule has 0 saturated heterocycles. The number of benzene rings is 1. The largest absolute Gasteiger partial charge is 0.347 e. The molecule has 0 unspecified atom stereocenters. The van der Waals surface area contributed by atoms with Crippen LogP contribution in [0.3, 0.4) is 0 Å². The van der Waals surface area contributed by atoms with Crippen molar-refractivity contribution in [2.75, 3.05) is 11.6 Å². The second-order valence-electron chi connectivity index (χ2n) is 5.64. The normalized spacial score (nSPS) is 12.4. The molecule has 10 heteroatoms. The number of pyridine rings is 1. The third-order valence-electron chi connectivity index (χ3n) is 3.66. The van der Waals surface area contributed by atoms with E-state index in [9.17, 15) is 13.2 Å². The molecule has 2 heterocycles. The lowest BCUT2D eigenvalue weighted by Crippen LogP contribution is -2.20. The number of sulfone groups is 1. The molecule has 0 fully saturated rings. The quantitative estimate of drug-likeness (QED) is 0.638. The number of anilines is 1. The molecule has 3 rings (SSSR count). The predicted molar refractivity (Wildman–Crippen MR) is 107 cm³/mol. The monoisotopic (exact) mass is 412 g/mol. The summed E-state index contributed by atoms with van der Waals surface area (Å²) in [5.41, 5.74) is 0.887. The van der Waals surface area contributed by atoms with Crippen LogP contribution < -0.4 is 10.9 Å². The zero-order valence-corrected chi connectivity index (χ0v) is 16.5. The lowest BCUT2D eigenvalue weighted by Gasteiger charge is -2.14. The molecule has 0 bridgehead atoms. The van der Waals surface area contributed by atoms with Crippen molar-refractivity contribution in [2.45, 2.75) is 18.0 Å². The van der Waals surface area contributed by atoms with Crippen molar-refractivity contribution in [1.82, 2.24) is 15.0 Å². The highest BCUT2D eigenvalue weighted by Gasteiger charge is 2.15. The smallest absolute Gasteiger partial charge is 0.253 e. The molecule has 0 aliphatic rings. The molecule has 138 valence electrons. The second kappa shape index (κ2) is 7.65. The van der Waals surface area contributed by atoms with E-state index in [0.717, 1.165) is 11.6 Å². The minimum atomic E-state index is -3.44.